The van der Waals surface area contributed by atoms with Crippen molar-refractivity contribution < 1.29 is 13.5 Å². The third-order valence-corrected chi connectivity index (χ3v) is 4.97. The van der Waals surface area contributed by atoms with Crippen LogP contribution in [0.15, 0.2) is 66.7 Å². The lowest BCUT2D eigenvalue weighted by molar-refractivity contribution is 0.419. The van der Waals surface area contributed by atoms with Crippen LogP contribution in [0.5, 0.6) is 5.75 Å². The number of fused-ring (bicyclic) bond motifs is 1. The Morgan fingerprint density at radius 2 is 1.61 bits per heavy atom. The van der Waals surface area contributed by atoms with Crippen molar-refractivity contribution in [2.24, 2.45) is 0 Å². The molecule has 0 aliphatic heterocycles. The van der Waals surface area contributed by atoms with Gasteiger partial charge in [-0.1, -0.05) is 49.4 Å². The van der Waals surface area contributed by atoms with Crippen LogP contribution < -0.4 is 4.74 Å². The lowest BCUT2D eigenvalue weighted by Crippen LogP contribution is -2.12. The van der Waals surface area contributed by atoms with E-state index in [2.05, 4.69) is 4.98 Å². The van der Waals surface area contributed by atoms with E-state index in [1.165, 1.54) is 18.2 Å². The zero-order chi connectivity index (χ0) is 19.7. The maximum absolute atomic E-state index is 14.7. The van der Waals surface area contributed by atoms with E-state index in [4.69, 9.17) is 4.74 Å². The van der Waals surface area contributed by atoms with E-state index in [9.17, 15) is 8.78 Å². The molecule has 3 nitrogen and oxygen atoms in total. The van der Waals surface area contributed by atoms with Crippen molar-refractivity contribution in [3.63, 3.8) is 0 Å². The van der Waals surface area contributed by atoms with Crippen LogP contribution in [0, 0.1) is 11.6 Å². The fourth-order valence-electron chi connectivity index (χ4n) is 3.70. The van der Waals surface area contributed by atoms with Gasteiger partial charge in [0.05, 0.1) is 24.2 Å². The number of nitrogens with zero attached hydrogens (tertiary/aromatic N) is 2. The van der Waals surface area contributed by atoms with Gasteiger partial charge in [0, 0.05) is 0 Å². The van der Waals surface area contributed by atoms with Crippen molar-refractivity contribution in [2.75, 3.05) is 7.11 Å². The summed E-state index contributed by atoms with van der Waals surface area (Å²) in [6.07, 6.45) is 0.732. The third-order valence-electron chi connectivity index (χ3n) is 4.97. The number of para-hydroxylation sites is 1. The molecule has 0 amide bonds. The number of hydrogen-bond donors (Lipinski definition) is 0. The van der Waals surface area contributed by atoms with Crippen molar-refractivity contribution in [1.29, 1.82) is 0 Å². The largest absolute Gasteiger partial charge is 0.494 e. The van der Waals surface area contributed by atoms with Crippen LogP contribution in [0.25, 0.3) is 22.4 Å². The third kappa shape index (κ3) is 2.93. The van der Waals surface area contributed by atoms with Crippen molar-refractivity contribution in [3.8, 4) is 17.1 Å². The first-order valence-electron chi connectivity index (χ1n) is 9.20. The SMILES string of the molecule is CCC(c1ccccc1)n1c(-c2c(F)cccc2F)nc2c(OC)cccc21. The van der Waals surface area contributed by atoms with Crippen LogP contribution in [0.2, 0.25) is 0 Å². The monoisotopic (exact) mass is 378 g/mol. The molecule has 1 heterocycles. The Bertz CT molecular complexity index is 1100. The van der Waals surface area contributed by atoms with Gasteiger partial charge in [0.2, 0.25) is 0 Å². The Labute approximate surface area is 162 Å². The molecule has 4 aromatic rings. The van der Waals surface area contributed by atoms with Gasteiger partial charge in [-0.3, -0.25) is 0 Å². The number of aromatic nitrogens is 2. The molecular formula is C23H20F2N2O. The Hall–Kier alpha value is -3.21. The van der Waals surface area contributed by atoms with Gasteiger partial charge in [-0.15, -0.1) is 0 Å². The molecule has 3 aromatic carbocycles. The van der Waals surface area contributed by atoms with Crippen LogP contribution in [-0.2, 0) is 0 Å². The van der Waals surface area contributed by atoms with Gasteiger partial charge in [0.25, 0.3) is 0 Å². The molecule has 0 N–H and O–H groups in total. The molecule has 142 valence electrons. The van der Waals surface area contributed by atoms with Gasteiger partial charge in [-0.25, -0.2) is 13.8 Å². The first kappa shape index (κ1) is 18.2. The Balaban J connectivity index is 2.09. The molecular weight excluding hydrogens is 358 g/mol. The number of rotatable bonds is 5. The molecule has 0 fully saturated rings. The van der Waals surface area contributed by atoms with Crippen molar-refractivity contribution in [3.05, 3.63) is 83.9 Å². The van der Waals surface area contributed by atoms with E-state index in [0.29, 0.717) is 11.3 Å². The van der Waals surface area contributed by atoms with E-state index >= 15 is 0 Å². The second kappa shape index (κ2) is 7.43. The van der Waals surface area contributed by atoms with Gasteiger partial charge in [0.15, 0.2) is 0 Å². The summed E-state index contributed by atoms with van der Waals surface area (Å²) in [5.74, 6) is -0.458. The molecule has 1 atom stereocenters. The topological polar surface area (TPSA) is 27.1 Å². The predicted molar refractivity (Wildman–Crippen MR) is 107 cm³/mol. The Kier molecular flexibility index (Phi) is 4.82. The highest BCUT2D eigenvalue weighted by atomic mass is 19.1. The van der Waals surface area contributed by atoms with Crippen LogP contribution in [0.4, 0.5) is 8.78 Å². The molecule has 0 saturated carbocycles. The summed E-state index contributed by atoms with van der Waals surface area (Å²) in [5, 5.41) is 0. The smallest absolute Gasteiger partial charge is 0.147 e. The number of hydrogen-bond acceptors (Lipinski definition) is 2. The lowest BCUT2D eigenvalue weighted by atomic mass is 10.0. The van der Waals surface area contributed by atoms with Crippen LogP contribution in [0.3, 0.4) is 0 Å². The minimum atomic E-state index is -0.640. The molecule has 0 aliphatic rings. The summed E-state index contributed by atoms with van der Waals surface area (Å²) >= 11 is 0. The van der Waals surface area contributed by atoms with Gasteiger partial charge in [-0.2, -0.15) is 0 Å². The molecule has 5 heteroatoms. The fraction of sp³-hybridized carbons (Fsp3) is 0.174. The summed E-state index contributed by atoms with van der Waals surface area (Å²) in [7, 11) is 1.56. The molecule has 0 spiro atoms. The molecule has 0 aliphatic carbocycles. The van der Waals surface area contributed by atoms with Crippen molar-refractivity contribution in [1.82, 2.24) is 9.55 Å². The summed E-state index contributed by atoms with van der Waals surface area (Å²) < 4.78 is 36.7. The minimum Gasteiger partial charge on any atom is -0.494 e. The highest BCUT2D eigenvalue weighted by Crippen LogP contribution is 2.37. The summed E-state index contributed by atoms with van der Waals surface area (Å²) in [5.41, 5.74) is 2.27. The maximum Gasteiger partial charge on any atom is 0.147 e. The standard InChI is InChI=1S/C23H20F2N2O/c1-3-18(15-9-5-4-6-10-15)27-19-13-8-14-20(28-2)22(19)26-23(27)21-16(24)11-7-12-17(21)25/h4-14,18H,3H2,1-2H3. The summed E-state index contributed by atoms with van der Waals surface area (Å²) in [4.78, 5) is 4.63. The Morgan fingerprint density at radius 1 is 0.929 bits per heavy atom. The molecule has 28 heavy (non-hydrogen) atoms. The second-order valence-electron chi connectivity index (χ2n) is 6.56. The van der Waals surface area contributed by atoms with Gasteiger partial charge >= 0.3 is 0 Å². The molecule has 0 radical (unpaired) electrons. The molecule has 1 aromatic heterocycles. The number of imidazole rings is 1. The van der Waals surface area contributed by atoms with Gasteiger partial charge < -0.3 is 9.30 Å². The minimum absolute atomic E-state index is 0.130. The number of benzene rings is 3. The van der Waals surface area contributed by atoms with Crippen LogP contribution in [-0.4, -0.2) is 16.7 Å². The van der Waals surface area contributed by atoms with E-state index in [0.717, 1.165) is 17.5 Å². The highest BCUT2D eigenvalue weighted by Gasteiger charge is 2.25. The zero-order valence-electron chi connectivity index (χ0n) is 15.7. The number of ether oxygens (including phenoxy) is 1. The number of methoxy groups -OCH3 is 1. The van der Waals surface area contributed by atoms with Crippen LogP contribution in [0.1, 0.15) is 24.9 Å². The van der Waals surface area contributed by atoms with Crippen molar-refractivity contribution >= 4 is 11.0 Å². The Morgan fingerprint density at radius 3 is 2.25 bits per heavy atom. The van der Waals surface area contributed by atoms with E-state index < -0.39 is 11.6 Å². The van der Waals surface area contributed by atoms with E-state index in [1.54, 1.807) is 13.2 Å². The predicted octanol–water partition coefficient (Wildman–Crippen LogP) is 5.99. The first-order chi connectivity index (χ1) is 13.7. The molecule has 4 rings (SSSR count). The molecule has 0 bridgehead atoms. The molecule has 0 saturated heterocycles. The average molecular weight is 378 g/mol. The zero-order valence-corrected chi connectivity index (χ0v) is 15.7. The van der Waals surface area contributed by atoms with Gasteiger partial charge in [-0.05, 0) is 36.2 Å². The van der Waals surface area contributed by atoms with E-state index in [-0.39, 0.29) is 17.4 Å². The molecule has 1 unspecified atom stereocenters. The average Bonchev–Trinajstić information content (AvgIpc) is 3.08. The highest BCUT2D eigenvalue weighted by molar-refractivity contribution is 5.86. The summed E-state index contributed by atoms with van der Waals surface area (Å²) in [6.45, 7) is 2.05. The summed E-state index contributed by atoms with van der Waals surface area (Å²) in [6, 6.07) is 19.2. The maximum atomic E-state index is 14.7. The van der Waals surface area contributed by atoms with E-state index in [1.807, 2.05) is 54.0 Å². The van der Waals surface area contributed by atoms with Crippen molar-refractivity contribution in [2.45, 2.75) is 19.4 Å². The second-order valence-corrected chi connectivity index (χ2v) is 6.56. The normalized spacial score (nSPS) is 12.3. The quantitative estimate of drug-likeness (QED) is 0.426. The van der Waals surface area contributed by atoms with Crippen LogP contribution >= 0.6 is 0 Å². The number of halogens is 2. The lowest BCUT2D eigenvalue weighted by Gasteiger charge is -2.21. The van der Waals surface area contributed by atoms with Gasteiger partial charge in [0.1, 0.15) is 28.7 Å². The fourth-order valence-corrected chi connectivity index (χ4v) is 3.70. The first-order valence-corrected chi connectivity index (χ1v) is 9.20.